The molecular weight excluding hydrogens is 366 g/mol. The molecule has 2 heterocycles. The smallest absolute Gasteiger partial charge is 0.387 e. The number of amidine groups is 1. The van der Waals surface area contributed by atoms with E-state index in [1.165, 1.54) is 30.7 Å². The Morgan fingerprint density at radius 1 is 1.07 bits per heavy atom. The molecule has 7 nitrogen and oxygen atoms in total. The van der Waals surface area contributed by atoms with E-state index in [-0.39, 0.29) is 11.6 Å². The molecule has 142 valence electrons. The van der Waals surface area contributed by atoms with Crippen molar-refractivity contribution in [1.29, 1.82) is 0 Å². The molecule has 1 aliphatic rings. The molecule has 0 radical (unpaired) electrons. The summed E-state index contributed by atoms with van der Waals surface area (Å²) in [6, 6.07) is 11.4. The first-order valence-electron chi connectivity index (χ1n) is 8.33. The van der Waals surface area contributed by atoms with Gasteiger partial charge in [-0.2, -0.15) is 8.78 Å². The summed E-state index contributed by atoms with van der Waals surface area (Å²) in [7, 11) is 0. The maximum absolute atomic E-state index is 12.7. The van der Waals surface area contributed by atoms with Gasteiger partial charge in [0, 0.05) is 34.9 Å². The van der Waals surface area contributed by atoms with Gasteiger partial charge in [-0.15, -0.1) is 0 Å². The first-order valence-corrected chi connectivity index (χ1v) is 8.33. The Bertz CT molecular complexity index is 1040. The molecule has 0 fully saturated rings. The normalized spacial score (nSPS) is 18.2. The van der Waals surface area contributed by atoms with E-state index in [0.717, 1.165) is 0 Å². The molecule has 0 bridgehead atoms. The first kappa shape index (κ1) is 17.7. The number of halogens is 2. The molecule has 0 amide bonds. The van der Waals surface area contributed by atoms with Crippen LogP contribution < -0.4 is 21.5 Å². The number of anilines is 2. The third kappa shape index (κ3) is 3.07. The van der Waals surface area contributed by atoms with Gasteiger partial charge in [-0.25, -0.2) is 4.99 Å². The van der Waals surface area contributed by atoms with Gasteiger partial charge < -0.3 is 21.5 Å². The van der Waals surface area contributed by atoms with Crippen molar-refractivity contribution in [3.63, 3.8) is 0 Å². The van der Waals surface area contributed by atoms with Gasteiger partial charge in [-0.1, -0.05) is 12.1 Å². The molecule has 28 heavy (non-hydrogen) atoms. The topological polar surface area (TPSA) is 111 Å². The van der Waals surface area contributed by atoms with Gasteiger partial charge in [0.25, 0.3) is 0 Å². The van der Waals surface area contributed by atoms with Crippen molar-refractivity contribution >= 4 is 17.2 Å². The quantitative estimate of drug-likeness (QED) is 0.598. The number of nitrogen functional groups attached to an aromatic ring is 1. The Kier molecular flexibility index (Phi) is 4.26. The van der Waals surface area contributed by atoms with Crippen molar-refractivity contribution in [3.05, 3.63) is 77.9 Å². The fourth-order valence-corrected chi connectivity index (χ4v) is 3.14. The molecule has 5 N–H and O–H groups in total. The fourth-order valence-electron chi connectivity index (χ4n) is 3.14. The summed E-state index contributed by atoms with van der Waals surface area (Å²) in [6.45, 7) is -2.95. The van der Waals surface area contributed by atoms with Crippen molar-refractivity contribution in [3.8, 4) is 5.75 Å². The molecule has 3 aromatic rings. The van der Waals surface area contributed by atoms with E-state index >= 15 is 0 Å². The highest BCUT2D eigenvalue weighted by Crippen LogP contribution is 2.40. The summed E-state index contributed by atoms with van der Waals surface area (Å²) in [6.07, 6.45) is 4.58. The van der Waals surface area contributed by atoms with Crippen LogP contribution in [0.1, 0.15) is 16.8 Å². The predicted molar refractivity (Wildman–Crippen MR) is 101 cm³/mol. The largest absolute Gasteiger partial charge is 0.435 e. The highest BCUT2D eigenvalue weighted by molar-refractivity contribution is 6.05. The van der Waals surface area contributed by atoms with Gasteiger partial charge >= 0.3 is 6.61 Å². The minimum Gasteiger partial charge on any atom is -0.435 e. The lowest BCUT2D eigenvalue weighted by molar-refractivity contribution is -0.0499. The monoisotopic (exact) mass is 382 g/mol. The Morgan fingerprint density at radius 3 is 2.68 bits per heavy atom. The molecule has 0 saturated carbocycles. The summed E-state index contributed by atoms with van der Waals surface area (Å²) < 4.78 is 29.9. The van der Waals surface area contributed by atoms with Crippen LogP contribution in [0.25, 0.3) is 0 Å². The average molecular weight is 382 g/mol. The fraction of sp³-hybridized carbons (Fsp3) is 0.105. The van der Waals surface area contributed by atoms with Crippen LogP contribution in [0.3, 0.4) is 0 Å². The maximum atomic E-state index is 12.7. The van der Waals surface area contributed by atoms with Gasteiger partial charge in [-0.05, 0) is 30.3 Å². The molecule has 2 aromatic carbocycles. The van der Waals surface area contributed by atoms with Crippen LogP contribution in [0, 0.1) is 0 Å². The standard InChI is InChI=1S/C19H16F2N6O/c20-18(21)28-13-3-1-2-11(8-13)19(16-10-24-6-7-25-16)26-15-5-4-12(22)9-14(15)17(23)27-19/h1-10,18,26H,22H2,(H2,23,27). The van der Waals surface area contributed by atoms with Gasteiger partial charge in [0.05, 0.1) is 6.20 Å². The van der Waals surface area contributed by atoms with Crippen LogP contribution in [0.2, 0.25) is 0 Å². The molecule has 9 heteroatoms. The number of aromatic nitrogens is 2. The lowest BCUT2D eigenvalue weighted by Gasteiger charge is -2.36. The van der Waals surface area contributed by atoms with E-state index in [1.54, 1.807) is 30.3 Å². The second kappa shape index (κ2) is 6.76. The van der Waals surface area contributed by atoms with Gasteiger partial charge in [0.15, 0.2) is 0 Å². The van der Waals surface area contributed by atoms with Crippen molar-refractivity contribution in [1.82, 2.24) is 9.97 Å². The number of hydrogen-bond donors (Lipinski definition) is 3. The minimum atomic E-state index is -2.95. The van der Waals surface area contributed by atoms with Crippen LogP contribution >= 0.6 is 0 Å². The zero-order chi connectivity index (χ0) is 19.7. The second-order valence-corrected chi connectivity index (χ2v) is 6.13. The number of nitrogens with one attached hydrogen (secondary N) is 1. The SMILES string of the molecule is NC1=NC(c2cccc(OC(F)F)c2)(c2cnccn2)Nc2ccc(N)cc21. The number of hydrogen-bond acceptors (Lipinski definition) is 7. The number of nitrogens with two attached hydrogens (primary N) is 2. The molecule has 0 aliphatic carbocycles. The average Bonchev–Trinajstić information content (AvgIpc) is 2.69. The molecule has 0 saturated heterocycles. The predicted octanol–water partition coefficient (Wildman–Crippen LogP) is 2.69. The first-order chi connectivity index (χ1) is 13.5. The highest BCUT2D eigenvalue weighted by Gasteiger charge is 2.40. The minimum absolute atomic E-state index is 0.00515. The zero-order valence-corrected chi connectivity index (χ0v) is 14.5. The number of fused-ring (bicyclic) bond motifs is 1. The van der Waals surface area contributed by atoms with Crippen LogP contribution in [0.4, 0.5) is 20.2 Å². The van der Waals surface area contributed by atoms with Crippen molar-refractivity contribution in [2.75, 3.05) is 11.1 Å². The number of aliphatic imine (C=N–C) groups is 1. The molecule has 4 rings (SSSR count). The number of alkyl halides is 2. The van der Waals surface area contributed by atoms with Crippen molar-refractivity contribution in [2.45, 2.75) is 12.3 Å². The summed E-state index contributed by atoms with van der Waals surface area (Å²) in [4.78, 5) is 13.1. The highest BCUT2D eigenvalue weighted by atomic mass is 19.3. The van der Waals surface area contributed by atoms with Gasteiger partial charge in [-0.3, -0.25) is 9.97 Å². The van der Waals surface area contributed by atoms with E-state index in [4.69, 9.17) is 11.5 Å². The van der Waals surface area contributed by atoms with E-state index < -0.39 is 12.3 Å². The molecule has 1 aromatic heterocycles. The van der Waals surface area contributed by atoms with Crippen LogP contribution in [-0.2, 0) is 5.66 Å². The molecule has 1 unspecified atom stereocenters. The molecular formula is C19H16F2N6O. The Hall–Kier alpha value is -3.75. The Morgan fingerprint density at radius 2 is 1.93 bits per heavy atom. The Balaban J connectivity index is 1.92. The summed E-state index contributed by atoms with van der Waals surface area (Å²) in [5, 5.41) is 3.31. The van der Waals surface area contributed by atoms with E-state index in [2.05, 4.69) is 25.0 Å². The third-order valence-electron chi connectivity index (χ3n) is 4.33. The van der Waals surface area contributed by atoms with Crippen molar-refractivity contribution in [2.24, 2.45) is 10.7 Å². The second-order valence-electron chi connectivity index (χ2n) is 6.13. The molecule has 1 aliphatic heterocycles. The van der Waals surface area contributed by atoms with Crippen molar-refractivity contribution < 1.29 is 13.5 Å². The number of ether oxygens (including phenoxy) is 1. The molecule has 0 spiro atoms. The van der Waals surface area contributed by atoms with E-state index in [1.807, 2.05) is 0 Å². The van der Waals surface area contributed by atoms with Crippen LogP contribution in [0.5, 0.6) is 5.75 Å². The summed E-state index contributed by atoms with van der Waals surface area (Å²) in [5.41, 5.74) is 13.6. The lowest BCUT2D eigenvalue weighted by atomic mass is 9.92. The van der Waals surface area contributed by atoms with Gasteiger partial charge in [0.1, 0.15) is 17.3 Å². The maximum Gasteiger partial charge on any atom is 0.387 e. The third-order valence-corrected chi connectivity index (χ3v) is 4.33. The zero-order valence-electron chi connectivity index (χ0n) is 14.5. The van der Waals surface area contributed by atoms with Crippen LogP contribution in [0.15, 0.2) is 66.0 Å². The number of benzene rings is 2. The molecule has 1 atom stereocenters. The van der Waals surface area contributed by atoms with Gasteiger partial charge in [0.2, 0.25) is 5.66 Å². The van der Waals surface area contributed by atoms with Crippen LogP contribution in [-0.4, -0.2) is 22.4 Å². The Labute approximate surface area is 159 Å². The lowest BCUT2D eigenvalue weighted by Crippen LogP contribution is -2.42. The number of nitrogens with zero attached hydrogens (tertiary/aromatic N) is 3. The summed E-state index contributed by atoms with van der Waals surface area (Å²) >= 11 is 0. The van der Waals surface area contributed by atoms with E-state index in [0.29, 0.717) is 28.2 Å². The van der Waals surface area contributed by atoms with E-state index in [9.17, 15) is 8.78 Å². The summed E-state index contributed by atoms with van der Waals surface area (Å²) in [5.74, 6) is 0.223. The number of rotatable bonds is 4.